The van der Waals surface area contributed by atoms with Crippen molar-refractivity contribution in [2.45, 2.75) is 20.8 Å². The summed E-state index contributed by atoms with van der Waals surface area (Å²) in [5.74, 6) is 0.621. The van der Waals surface area contributed by atoms with Crippen molar-refractivity contribution >= 4 is 5.65 Å². The molecule has 14 heavy (non-hydrogen) atoms. The summed E-state index contributed by atoms with van der Waals surface area (Å²) in [5.41, 5.74) is 1.57. The van der Waals surface area contributed by atoms with Crippen LogP contribution in [0.3, 0.4) is 0 Å². The maximum Gasteiger partial charge on any atom is 0.235 e. The summed E-state index contributed by atoms with van der Waals surface area (Å²) in [6.45, 7) is 5.88. The van der Waals surface area contributed by atoms with Crippen LogP contribution in [0, 0.1) is 6.92 Å². The molecule has 2 aromatic rings. The number of fused-ring (bicyclic) bond motifs is 1. The van der Waals surface area contributed by atoms with Crippen LogP contribution in [-0.2, 0) is 0 Å². The molecule has 0 spiro atoms. The van der Waals surface area contributed by atoms with Crippen molar-refractivity contribution < 1.29 is 4.74 Å². The zero-order valence-electron chi connectivity index (χ0n) is 8.85. The van der Waals surface area contributed by atoms with Crippen LogP contribution < -0.4 is 4.74 Å². The largest absolute Gasteiger partial charge is 0.480 e. The molecule has 0 saturated carbocycles. The summed E-state index contributed by atoms with van der Waals surface area (Å²) in [6.07, 6.45) is 3.10. The average molecular weight is 194 g/mol. The van der Waals surface area contributed by atoms with Crippen LogP contribution in [0.5, 0.6) is 5.88 Å². The molecule has 0 aliphatic heterocycles. The fourth-order valence-corrected chi connectivity index (χ4v) is 1.05. The standard InChI is InChI=1S/C7H8N4O.C2H6/c1-5-7-8-3-6(12-2)11(7)10-4-9-5;1-2/h3-4H,1-2H3;1-2H3. The topological polar surface area (TPSA) is 52.3 Å². The number of aryl methyl sites for hydroxylation is 1. The number of methoxy groups -OCH3 is 1. The van der Waals surface area contributed by atoms with Crippen LogP contribution in [-0.4, -0.2) is 26.7 Å². The fourth-order valence-electron chi connectivity index (χ4n) is 1.05. The number of imidazole rings is 1. The second-order valence-electron chi connectivity index (χ2n) is 2.38. The van der Waals surface area contributed by atoms with Crippen LogP contribution in [0.25, 0.3) is 5.65 Å². The number of rotatable bonds is 1. The van der Waals surface area contributed by atoms with E-state index >= 15 is 0 Å². The van der Waals surface area contributed by atoms with Gasteiger partial charge in [0.05, 0.1) is 19.0 Å². The zero-order valence-corrected chi connectivity index (χ0v) is 8.85. The zero-order chi connectivity index (χ0) is 10.6. The van der Waals surface area contributed by atoms with Gasteiger partial charge in [0, 0.05) is 0 Å². The van der Waals surface area contributed by atoms with Gasteiger partial charge in [-0.2, -0.15) is 9.61 Å². The Bertz CT molecular complexity index is 410. The van der Waals surface area contributed by atoms with Crippen molar-refractivity contribution in [1.82, 2.24) is 19.6 Å². The summed E-state index contributed by atoms with van der Waals surface area (Å²) >= 11 is 0. The molecule has 0 N–H and O–H groups in total. The molecule has 0 aromatic carbocycles. The Hall–Kier alpha value is -1.65. The van der Waals surface area contributed by atoms with E-state index < -0.39 is 0 Å². The molecule has 0 radical (unpaired) electrons. The molecular weight excluding hydrogens is 180 g/mol. The molecular formula is C9H14N4O. The van der Waals surface area contributed by atoms with E-state index in [1.165, 1.54) is 6.33 Å². The molecule has 5 heteroatoms. The third kappa shape index (κ3) is 1.66. The lowest BCUT2D eigenvalue weighted by atomic mass is 10.5. The van der Waals surface area contributed by atoms with Crippen molar-refractivity contribution in [3.8, 4) is 5.88 Å². The number of hydrogen-bond donors (Lipinski definition) is 0. The number of hydrogen-bond acceptors (Lipinski definition) is 4. The molecule has 0 unspecified atom stereocenters. The SMILES string of the molecule is CC.COc1cnc2c(C)ncnn12. The van der Waals surface area contributed by atoms with Crippen molar-refractivity contribution in [3.05, 3.63) is 18.2 Å². The quantitative estimate of drug-likeness (QED) is 0.689. The number of aromatic nitrogens is 4. The van der Waals surface area contributed by atoms with E-state index in [0.717, 1.165) is 11.3 Å². The second kappa shape index (κ2) is 4.55. The smallest absolute Gasteiger partial charge is 0.235 e. The Morgan fingerprint density at radius 1 is 1.29 bits per heavy atom. The molecule has 0 aliphatic rings. The first-order valence-electron chi connectivity index (χ1n) is 4.52. The van der Waals surface area contributed by atoms with E-state index in [1.54, 1.807) is 17.8 Å². The van der Waals surface area contributed by atoms with Gasteiger partial charge in [-0.15, -0.1) is 0 Å². The van der Waals surface area contributed by atoms with Crippen molar-refractivity contribution in [2.24, 2.45) is 0 Å². The molecule has 5 nitrogen and oxygen atoms in total. The summed E-state index contributed by atoms with van der Waals surface area (Å²) < 4.78 is 6.65. The maximum absolute atomic E-state index is 5.03. The van der Waals surface area contributed by atoms with Crippen molar-refractivity contribution in [3.63, 3.8) is 0 Å². The van der Waals surface area contributed by atoms with Gasteiger partial charge in [0.15, 0.2) is 5.65 Å². The lowest BCUT2D eigenvalue weighted by molar-refractivity contribution is 0.386. The normalized spacial score (nSPS) is 9.43. The first-order chi connectivity index (χ1) is 6.83. The molecule has 0 saturated heterocycles. The van der Waals surface area contributed by atoms with Crippen molar-refractivity contribution in [2.75, 3.05) is 7.11 Å². The number of nitrogens with zero attached hydrogens (tertiary/aromatic N) is 4. The fraction of sp³-hybridized carbons (Fsp3) is 0.444. The van der Waals surface area contributed by atoms with Crippen LogP contribution in [0.4, 0.5) is 0 Å². The van der Waals surface area contributed by atoms with Gasteiger partial charge in [0.25, 0.3) is 0 Å². The van der Waals surface area contributed by atoms with E-state index in [2.05, 4.69) is 15.1 Å². The predicted molar refractivity (Wildman–Crippen MR) is 53.4 cm³/mol. The van der Waals surface area contributed by atoms with Gasteiger partial charge in [-0.05, 0) is 6.92 Å². The molecule has 2 aromatic heterocycles. The van der Waals surface area contributed by atoms with Crippen molar-refractivity contribution in [1.29, 1.82) is 0 Å². The first-order valence-corrected chi connectivity index (χ1v) is 4.52. The van der Waals surface area contributed by atoms with E-state index in [0.29, 0.717) is 5.88 Å². The van der Waals surface area contributed by atoms with Gasteiger partial charge in [-0.25, -0.2) is 9.97 Å². The Morgan fingerprint density at radius 3 is 2.64 bits per heavy atom. The molecule has 0 amide bonds. The Kier molecular flexibility index (Phi) is 3.39. The van der Waals surface area contributed by atoms with Gasteiger partial charge in [-0.3, -0.25) is 0 Å². The summed E-state index contributed by atoms with van der Waals surface area (Å²) in [6, 6.07) is 0. The number of ether oxygens (including phenoxy) is 1. The minimum atomic E-state index is 0.621. The Balaban J connectivity index is 0.000000461. The van der Waals surface area contributed by atoms with E-state index in [9.17, 15) is 0 Å². The maximum atomic E-state index is 5.03. The molecule has 0 bridgehead atoms. The molecule has 76 valence electrons. The average Bonchev–Trinajstić information content (AvgIpc) is 2.65. The van der Waals surface area contributed by atoms with Crippen LogP contribution in [0.15, 0.2) is 12.5 Å². The van der Waals surface area contributed by atoms with Gasteiger partial charge in [0.2, 0.25) is 5.88 Å². The molecule has 0 aliphatic carbocycles. The third-order valence-corrected chi connectivity index (χ3v) is 1.66. The minimum absolute atomic E-state index is 0.621. The lowest BCUT2D eigenvalue weighted by Gasteiger charge is -1.97. The van der Waals surface area contributed by atoms with Gasteiger partial charge in [0.1, 0.15) is 6.33 Å². The van der Waals surface area contributed by atoms with E-state index in [4.69, 9.17) is 4.74 Å². The summed E-state index contributed by atoms with van der Waals surface area (Å²) in [7, 11) is 1.58. The summed E-state index contributed by atoms with van der Waals surface area (Å²) in [4.78, 5) is 8.11. The monoisotopic (exact) mass is 194 g/mol. The van der Waals surface area contributed by atoms with Gasteiger partial charge < -0.3 is 4.74 Å². The molecule has 0 atom stereocenters. The van der Waals surface area contributed by atoms with Gasteiger partial charge >= 0.3 is 0 Å². The summed E-state index contributed by atoms with van der Waals surface area (Å²) in [5, 5.41) is 3.99. The highest BCUT2D eigenvalue weighted by Crippen LogP contribution is 2.12. The lowest BCUT2D eigenvalue weighted by Crippen LogP contribution is -1.97. The molecule has 2 rings (SSSR count). The van der Waals surface area contributed by atoms with E-state index in [-0.39, 0.29) is 0 Å². The van der Waals surface area contributed by atoms with Crippen LogP contribution >= 0.6 is 0 Å². The third-order valence-electron chi connectivity index (χ3n) is 1.66. The Labute approximate surface area is 82.8 Å². The first kappa shape index (κ1) is 10.4. The predicted octanol–water partition coefficient (Wildman–Crippen LogP) is 1.47. The molecule has 0 fully saturated rings. The van der Waals surface area contributed by atoms with Gasteiger partial charge in [-0.1, -0.05) is 13.8 Å². The highest BCUT2D eigenvalue weighted by Gasteiger charge is 2.05. The van der Waals surface area contributed by atoms with Crippen LogP contribution in [0.2, 0.25) is 0 Å². The van der Waals surface area contributed by atoms with E-state index in [1.807, 2.05) is 20.8 Å². The Morgan fingerprint density at radius 2 is 2.00 bits per heavy atom. The second-order valence-corrected chi connectivity index (χ2v) is 2.38. The van der Waals surface area contributed by atoms with Crippen LogP contribution in [0.1, 0.15) is 19.5 Å². The highest BCUT2D eigenvalue weighted by molar-refractivity contribution is 5.44. The highest BCUT2D eigenvalue weighted by atomic mass is 16.5. The minimum Gasteiger partial charge on any atom is -0.480 e. The molecule has 2 heterocycles.